The molecule has 5 rings (SSSR count). The lowest BCUT2D eigenvalue weighted by Gasteiger charge is -2.39. The highest BCUT2D eigenvalue weighted by Crippen LogP contribution is 2.44. The number of hydrogen-bond acceptors (Lipinski definition) is 2. The molecule has 1 aliphatic carbocycles. The van der Waals surface area contributed by atoms with Crippen molar-refractivity contribution < 1.29 is 0 Å². The molecule has 2 aliphatic rings. The molecule has 1 aromatic heterocycles. The van der Waals surface area contributed by atoms with E-state index in [4.69, 9.17) is 4.98 Å². The Kier molecular flexibility index (Phi) is 4.80. The molecule has 1 radical (unpaired) electrons. The second-order valence-electron chi connectivity index (χ2n) is 9.65. The van der Waals surface area contributed by atoms with E-state index in [1.54, 1.807) is 0 Å². The van der Waals surface area contributed by atoms with Crippen LogP contribution < -0.4 is 0 Å². The van der Waals surface area contributed by atoms with E-state index < -0.39 is 0 Å². The van der Waals surface area contributed by atoms with Gasteiger partial charge in [0.2, 0.25) is 0 Å². The SMILES string of the molecule is CC1=CCC(c2cccc(C)c2)[C]=C1N1CCC[C@@]1(C)c1nc2cc(C)c(C)cc2[nH]1. The number of benzene rings is 2. The van der Waals surface area contributed by atoms with Crippen LogP contribution >= 0.6 is 0 Å². The Labute approximate surface area is 185 Å². The average Bonchev–Trinajstić information content (AvgIpc) is 3.33. The molecule has 159 valence electrons. The third kappa shape index (κ3) is 3.40. The first-order chi connectivity index (χ1) is 14.8. The third-order valence-electron chi connectivity index (χ3n) is 7.31. The monoisotopic (exact) mass is 410 g/mol. The van der Waals surface area contributed by atoms with E-state index in [-0.39, 0.29) is 5.54 Å². The second kappa shape index (κ2) is 7.40. The maximum atomic E-state index is 5.07. The summed E-state index contributed by atoms with van der Waals surface area (Å²) in [4.78, 5) is 11.3. The summed E-state index contributed by atoms with van der Waals surface area (Å²) in [6.07, 6.45) is 9.57. The summed E-state index contributed by atoms with van der Waals surface area (Å²) in [6.45, 7) is 12.1. The van der Waals surface area contributed by atoms with Gasteiger partial charge in [-0.3, -0.25) is 0 Å². The van der Waals surface area contributed by atoms with Gasteiger partial charge in [-0.1, -0.05) is 35.9 Å². The number of hydrogen-bond donors (Lipinski definition) is 1. The van der Waals surface area contributed by atoms with Crippen molar-refractivity contribution in [1.82, 2.24) is 14.9 Å². The van der Waals surface area contributed by atoms with Crippen LogP contribution in [0.4, 0.5) is 0 Å². The number of rotatable bonds is 3. The summed E-state index contributed by atoms with van der Waals surface area (Å²) < 4.78 is 0. The molecular formula is C28H32N3. The van der Waals surface area contributed by atoms with Gasteiger partial charge in [-0.2, -0.15) is 0 Å². The van der Waals surface area contributed by atoms with Gasteiger partial charge in [0.25, 0.3) is 0 Å². The summed E-state index contributed by atoms with van der Waals surface area (Å²) >= 11 is 0. The van der Waals surface area contributed by atoms with Crippen LogP contribution in [0.2, 0.25) is 0 Å². The largest absolute Gasteiger partial charge is 0.358 e. The van der Waals surface area contributed by atoms with Crippen LogP contribution in [0.3, 0.4) is 0 Å². The minimum atomic E-state index is -0.146. The molecular weight excluding hydrogens is 378 g/mol. The maximum Gasteiger partial charge on any atom is 0.132 e. The van der Waals surface area contributed by atoms with Gasteiger partial charge < -0.3 is 9.88 Å². The van der Waals surface area contributed by atoms with E-state index in [2.05, 4.69) is 93.1 Å². The van der Waals surface area contributed by atoms with Crippen LogP contribution in [-0.4, -0.2) is 21.4 Å². The van der Waals surface area contributed by atoms with Crippen LogP contribution in [0.5, 0.6) is 0 Å². The highest BCUT2D eigenvalue weighted by atomic mass is 15.3. The van der Waals surface area contributed by atoms with Gasteiger partial charge in [0, 0.05) is 18.2 Å². The molecule has 2 heterocycles. The Hall–Kier alpha value is -2.81. The van der Waals surface area contributed by atoms with Gasteiger partial charge in [-0.25, -0.2) is 4.98 Å². The van der Waals surface area contributed by atoms with Gasteiger partial charge in [-0.05, 0) is 94.4 Å². The molecule has 2 atom stereocenters. The minimum absolute atomic E-state index is 0.146. The first-order valence-electron chi connectivity index (χ1n) is 11.5. The molecule has 0 spiro atoms. The number of aryl methyl sites for hydroxylation is 3. The molecule has 1 aliphatic heterocycles. The second-order valence-corrected chi connectivity index (χ2v) is 9.65. The van der Waals surface area contributed by atoms with Gasteiger partial charge in [0.1, 0.15) is 5.82 Å². The van der Waals surface area contributed by atoms with Crippen LogP contribution in [0, 0.1) is 26.8 Å². The number of nitrogens with zero attached hydrogens (tertiary/aromatic N) is 2. The zero-order valence-corrected chi connectivity index (χ0v) is 19.3. The van der Waals surface area contributed by atoms with Crippen molar-refractivity contribution in [2.24, 2.45) is 0 Å². The Morgan fingerprint density at radius 3 is 2.71 bits per heavy atom. The molecule has 31 heavy (non-hydrogen) atoms. The summed E-state index contributed by atoms with van der Waals surface area (Å²) in [5.74, 6) is 1.38. The molecule has 1 saturated heterocycles. The summed E-state index contributed by atoms with van der Waals surface area (Å²) in [6, 6.07) is 13.3. The lowest BCUT2D eigenvalue weighted by atomic mass is 9.86. The molecule has 0 amide bonds. The Morgan fingerprint density at radius 2 is 1.90 bits per heavy atom. The molecule has 3 heteroatoms. The van der Waals surface area contributed by atoms with Crippen molar-refractivity contribution in [2.75, 3.05) is 6.54 Å². The van der Waals surface area contributed by atoms with Crippen molar-refractivity contribution in [3.63, 3.8) is 0 Å². The molecule has 0 bridgehead atoms. The summed E-state index contributed by atoms with van der Waals surface area (Å²) in [7, 11) is 0. The predicted octanol–water partition coefficient (Wildman–Crippen LogP) is 6.62. The van der Waals surface area contributed by atoms with Crippen molar-refractivity contribution in [2.45, 2.75) is 65.3 Å². The molecule has 1 fully saturated rings. The smallest absolute Gasteiger partial charge is 0.132 e. The Morgan fingerprint density at radius 1 is 1.10 bits per heavy atom. The third-order valence-corrected chi connectivity index (χ3v) is 7.31. The zero-order chi connectivity index (χ0) is 21.8. The fourth-order valence-electron chi connectivity index (χ4n) is 5.22. The normalized spacial score (nSPS) is 23.9. The van der Waals surface area contributed by atoms with E-state index in [0.29, 0.717) is 5.92 Å². The van der Waals surface area contributed by atoms with E-state index in [9.17, 15) is 0 Å². The van der Waals surface area contributed by atoms with Gasteiger partial charge >= 0.3 is 0 Å². The van der Waals surface area contributed by atoms with Crippen molar-refractivity contribution in [3.8, 4) is 0 Å². The van der Waals surface area contributed by atoms with Crippen molar-refractivity contribution >= 4 is 11.0 Å². The quantitative estimate of drug-likeness (QED) is 0.526. The predicted molar refractivity (Wildman–Crippen MR) is 128 cm³/mol. The number of likely N-dealkylation sites (tertiary alicyclic amines) is 1. The molecule has 0 saturated carbocycles. The number of H-pyrrole nitrogens is 1. The highest BCUT2D eigenvalue weighted by molar-refractivity contribution is 5.77. The summed E-state index contributed by atoms with van der Waals surface area (Å²) in [5.41, 5.74) is 9.91. The topological polar surface area (TPSA) is 31.9 Å². The fraction of sp³-hybridized carbons (Fsp3) is 0.393. The lowest BCUT2D eigenvalue weighted by molar-refractivity contribution is 0.197. The molecule has 1 unspecified atom stereocenters. The van der Waals surface area contributed by atoms with Crippen LogP contribution in [0.25, 0.3) is 11.0 Å². The van der Waals surface area contributed by atoms with Crippen molar-refractivity contribution in [3.05, 3.63) is 87.9 Å². The molecule has 1 N–H and O–H groups in total. The number of aromatic amines is 1. The highest BCUT2D eigenvalue weighted by Gasteiger charge is 2.42. The molecule has 3 nitrogen and oxygen atoms in total. The van der Waals surface area contributed by atoms with Crippen LogP contribution in [0.15, 0.2) is 53.7 Å². The van der Waals surface area contributed by atoms with Gasteiger partial charge in [-0.15, -0.1) is 0 Å². The number of allylic oxidation sites excluding steroid dienone is 3. The molecule has 3 aromatic rings. The van der Waals surface area contributed by atoms with Gasteiger partial charge in [0.15, 0.2) is 0 Å². The summed E-state index contributed by atoms with van der Waals surface area (Å²) in [5, 5.41) is 0. The fourth-order valence-corrected chi connectivity index (χ4v) is 5.22. The van der Waals surface area contributed by atoms with Gasteiger partial charge in [0.05, 0.1) is 16.6 Å². The van der Waals surface area contributed by atoms with Crippen LogP contribution in [-0.2, 0) is 5.54 Å². The molecule has 2 aromatic carbocycles. The average molecular weight is 411 g/mol. The lowest BCUT2D eigenvalue weighted by Crippen LogP contribution is -2.40. The Bertz CT molecular complexity index is 1170. The van der Waals surface area contributed by atoms with Crippen LogP contribution in [0.1, 0.15) is 67.1 Å². The number of nitrogens with one attached hydrogen (secondary N) is 1. The van der Waals surface area contributed by atoms with Crippen molar-refractivity contribution in [1.29, 1.82) is 0 Å². The minimum Gasteiger partial charge on any atom is -0.358 e. The number of aromatic nitrogens is 2. The first-order valence-corrected chi connectivity index (χ1v) is 11.5. The van der Waals surface area contributed by atoms with E-state index in [0.717, 1.165) is 36.2 Å². The van der Waals surface area contributed by atoms with E-state index in [1.165, 1.54) is 39.9 Å². The Balaban J connectivity index is 1.55. The number of fused-ring (bicyclic) bond motifs is 1. The number of imidazole rings is 1. The first kappa shape index (κ1) is 20.1. The van der Waals surface area contributed by atoms with E-state index >= 15 is 0 Å². The standard InChI is InChI=1S/C28H32N3/c1-18-8-6-9-22(14-18)23-11-10-19(2)26(17-23)31-13-7-12-28(31,5)27-29-24-15-20(3)21(4)16-25(24)30-27/h6,8-10,14-16,23H,7,11-13H2,1-5H3,(H,29,30)/t23?,28-/m0/s1. The zero-order valence-electron chi connectivity index (χ0n) is 19.3. The van der Waals surface area contributed by atoms with E-state index in [1.807, 2.05) is 0 Å². The maximum absolute atomic E-state index is 5.07.